The Morgan fingerprint density at radius 2 is 2.21 bits per heavy atom. The lowest BCUT2D eigenvalue weighted by Gasteiger charge is -2.33. The molecule has 1 atom stereocenters. The molecule has 5 heteroatoms. The van der Waals surface area contributed by atoms with Crippen LogP contribution in [0.1, 0.15) is 13.3 Å². The number of piperazine rings is 1. The predicted octanol–water partition coefficient (Wildman–Crippen LogP) is 1.45. The second kappa shape index (κ2) is 6.63. The van der Waals surface area contributed by atoms with Gasteiger partial charge in [-0.3, -0.25) is 9.69 Å². The highest BCUT2D eigenvalue weighted by Gasteiger charge is 2.18. The number of nitrogens with one attached hydrogen (secondary N) is 2. The second-order valence-corrected chi connectivity index (χ2v) is 4.89. The van der Waals surface area contributed by atoms with Gasteiger partial charge >= 0.3 is 0 Å². The highest BCUT2D eigenvalue weighted by Crippen LogP contribution is 2.09. The molecule has 1 aromatic rings. The number of hydrogen-bond donors (Lipinski definition) is 2. The first kappa shape index (κ1) is 14.0. The molecule has 0 aliphatic carbocycles. The Balaban J connectivity index is 1.76. The third kappa shape index (κ3) is 4.29. The highest BCUT2D eigenvalue weighted by atomic mass is 19.1. The Labute approximate surface area is 113 Å². The van der Waals surface area contributed by atoms with Crippen LogP contribution in [-0.2, 0) is 4.79 Å². The lowest BCUT2D eigenvalue weighted by atomic mass is 10.2. The number of hydrogen-bond acceptors (Lipinski definition) is 3. The largest absolute Gasteiger partial charge is 0.326 e. The average Bonchev–Trinajstić information content (AvgIpc) is 2.40. The Bertz CT molecular complexity index is 421. The molecule has 1 saturated heterocycles. The first-order valence-corrected chi connectivity index (χ1v) is 6.65. The summed E-state index contributed by atoms with van der Waals surface area (Å²) in [6.45, 7) is 5.84. The molecule has 0 bridgehead atoms. The van der Waals surface area contributed by atoms with Gasteiger partial charge in [-0.25, -0.2) is 4.39 Å². The zero-order valence-electron chi connectivity index (χ0n) is 11.2. The van der Waals surface area contributed by atoms with E-state index in [0.29, 0.717) is 18.2 Å². The third-order valence-electron chi connectivity index (χ3n) is 3.39. The molecule has 0 aromatic heterocycles. The van der Waals surface area contributed by atoms with Gasteiger partial charge in [-0.15, -0.1) is 0 Å². The normalized spacial score (nSPS) is 20.2. The fourth-order valence-corrected chi connectivity index (χ4v) is 2.22. The first-order valence-electron chi connectivity index (χ1n) is 6.65. The van der Waals surface area contributed by atoms with E-state index in [9.17, 15) is 9.18 Å². The number of halogens is 1. The molecule has 1 heterocycles. The van der Waals surface area contributed by atoms with E-state index >= 15 is 0 Å². The molecule has 0 spiro atoms. The minimum atomic E-state index is -0.298. The standard InChI is InChI=1S/C14H20FN3O/c1-11-10-16-7-9-18(11)8-6-14(19)17-13-4-2-12(15)3-5-13/h2-5,11,16H,6-10H2,1H3,(H,17,19)/t11-/m0/s1. The summed E-state index contributed by atoms with van der Waals surface area (Å²) in [4.78, 5) is 14.1. The second-order valence-electron chi connectivity index (χ2n) is 4.89. The van der Waals surface area contributed by atoms with E-state index in [1.807, 2.05) is 0 Å². The molecule has 0 unspecified atom stereocenters. The monoisotopic (exact) mass is 265 g/mol. The summed E-state index contributed by atoms with van der Waals surface area (Å²) in [6.07, 6.45) is 0.460. The molecule has 1 amide bonds. The van der Waals surface area contributed by atoms with Gasteiger partial charge in [0.05, 0.1) is 0 Å². The molecular formula is C14H20FN3O. The molecule has 1 aliphatic heterocycles. The number of benzene rings is 1. The van der Waals surface area contributed by atoms with Crippen molar-refractivity contribution < 1.29 is 9.18 Å². The van der Waals surface area contributed by atoms with Gasteiger partial charge in [0.15, 0.2) is 0 Å². The van der Waals surface area contributed by atoms with Gasteiger partial charge in [0.25, 0.3) is 0 Å². The van der Waals surface area contributed by atoms with Gasteiger partial charge in [0.2, 0.25) is 5.91 Å². The first-order chi connectivity index (χ1) is 9.15. The summed E-state index contributed by atoms with van der Waals surface area (Å²) in [5.41, 5.74) is 0.639. The summed E-state index contributed by atoms with van der Waals surface area (Å²) < 4.78 is 12.7. The molecule has 104 valence electrons. The minimum Gasteiger partial charge on any atom is -0.326 e. The van der Waals surface area contributed by atoms with Crippen molar-refractivity contribution in [1.29, 1.82) is 0 Å². The van der Waals surface area contributed by atoms with Gasteiger partial charge < -0.3 is 10.6 Å². The Morgan fingerprint density at radius 1 is 1.47 bits per heavy atom. The van der Waals surface area contributed by atoms with Crippen LogP contribution in [0.5, 0.6) is 0 Å². The van der Waals surface area contributed by atoms with Gasteiger partial charge in [0.1, 0.15) is 5.82 Å². The SMILES string of the molecule is C[C@H]1CNCCN1CCC(=O)Nc1ccc(F)cc1. The van der Waals surface area contributed by atoms with E-state index in [0.717, 1.165) is 26.2 Å². The number of rotatable bonds is 4. The zero-order valence-corrected chi connectivity index (χ0v) is 11.2. The lowest BCUT2D eigenvalue weighted by Crippen LogP contribution is -2.50. The van der Waals surface area contributed by atoms with Crippen LogP contribution in [-0.4, -0.2) is 43.0 Å². The minimum absolute atomic E-state index is 0.0302. The van der Waals surface area contributed by atoms with E-state index in [2.05, 4.69) is 22.5 Å². The Hall–Kier alpha value is -1.46. The molecule has 0 saturated carbocycles. The van der Waals surface area contributed by atoms with E-state index in [1.54, 1.807) is 12.1 Å². The maximum absolute atomic E-state index is 12.7. The lowest BCUT2D eigenvalue weighted by molar-refractivity contribution is -0.116. The van der Waals surface area contributed by atoms with Crippen LogP contribution in [0.2, 0.25) is 0 Å². The molecule has 19 heavy (non-hydrogen) atoms. The van der Waals surface area contributed by atoms with E-state index in [1.165, 1.54) is 12.1 Å². The summed E-state index contributed by atoms with van der Waals surface area (Å²) >= 11 is 0. The van der Waals surface area contributed by atoms with Gasteiger partial charge in [-0.2, -0.15) is 0 Å². The molecule has 2 rings (SSSR count). The van der Waals surface area contributed by atoms with Gasteiger partial charge in [0, 0.05) is 44.3 Å². The number of nitrogens with zero attached hydrogens (tertiary/aromatic N) is 1. The van der Waals surface area contributed by atoms with Gasteiger partial charge in [-0.05, 0) is 31.2 Å². The zero-order chi connectivity index (χ0) is 13.7. The molecule has 1 fully saturated rings. The number of carbonyl (C=O) groups is 1. The summed E-state index contributed by atoms with van der Waals surface area (Å²) in [7, 11) is 0. The molecule has 0 radical (unpaired) electrons. The van der Waals surface area contributed by atoms with Crippen LogP contribution in [0.4, 0.5) is 10.1 Å². The van der Waals surface area contributed by atoms with Crippen molar-refractivity contribution in [2.75, 3.05) is 31.5 Å². The molecule has 1 aromatic carbocycles. The topological polar surface area (TPSA) is 44.4 Å². The third-order valence-corrected chi connectivity index (χ3v) is 3.39. The smallest absolute Gasteiger partial charge is 0.225 e. The molecular weight excluding hydrogens is 245 g/mol. The highest BCUT2D eigenvalue weighted by molar-refractivity contribution is 5.90. The molecule has 2 N–H and O–H groups in total. The van der Waals surface area contributed by atoms with Crippen molar-refractivity contribution in [2.24, 2.45) is 0 Å². The maximum atomic E-state index is 12.7. The van der Waals surface area contributed by atoms with E-state index < -0.39 is 0 Å². The number of carbonyl (C=O) groups excluding carboxylic acids is 1. The fraction of sp³-hybridized carbons (Fsp3) is 0.500. The van der Waals surface area contributed by atoms with Gasteiger partial charge in [-0.1, -0.05) is 0 Å². The molecule has 1 aliphatic rings. The fourth-order valence-electron chi connectivity index (χ4n) is 2.22. The van der Waals surface area contributed by atoms with Crippen molar-refractivity contribution >= 4 is 11.6 Å². The molecule has 4 nitrogen and oxygen atoms in total. The Morgan fingerprint density at radius 3 is 2.89 bits per heavy atom. The summed E-state index contributed by atoms with van der Waals surface area (Å²) in [6, 6.07) is 6.29. The summed E-state index contributed by atoms with van der Waals surface area (Å²) in [5, 5.41) is 6.10. The van der Waals surface area contributed by atoms with Crippen molar-refractivity contribution in [3.05, 3.63) is 30.1 Å². The maximum Gasteiger partial charge on any atom is 0.225 e. The average molecular weight is 265 g/mol. The van der Waals surface area contributed by atoms with Crippen LogP contribution in [0.25, 0.3) is 0 Å². The van der Waals surface area contributed by atoms with E-state index in [4.69, 9.17) is 0 Å². The number of amides is 1. The van der Waals surface area contributed by atoms with Crippen LogP contribution in [0.15, 0.2) is 24.3 Å². The van der Waals surface area contributed by atoms with Crippen molar-refractivity contribution in [2.45, 2.75) is 19.4 Å². The van der Waals surface area contributed by atoms with Crippen LogP contribution < -0.4 is 10.6 Å². The van der Waals surface area contributed by atoms with Crippen LogP contribution in [0, 0.1) is 5.82 Å². The quantitative estimate of drug-likeness (QED) is 0.866. The van der Waals surface area contributed by atoms with Crippen LogP contribution in [0.3, 0.4) is 0 Å². The van der Waals surface area contributed by atoms with Crippen molar-refractivity contribution in [3.8, 4) is 0 Å². The Kier molecular flexibility index (Phi) is 4.87. The van der Waals surface area contributed by atoms with E-state index in [-0.39, 0.29) is 11.7 Å². The van der Waals surface area contributed by atoms with Crippen LogP contribution >= 0.6 is 0 Å². The predicted molar refractivity (Wildman–Crippen MR) is 73.6 cm³/mol. The summed E-state index contributed by atoms with van der Waals surface area (Å²) in [5.74, 6) is -0.329. The van der Waals surface area contributed by atoms with Crippen molar-refractivity contribution in [1.82, 2.24) is 10.2 Å². The van der Waals surface area contributed by atoms with Crippen molar-refractivity contribution in [3.63, 3.8) is 0 Å². The number of anilines is 1.